The minimum Gasteiger partial charge on any atom is -0.462 e. The lowest BCUT2D eigenvalue weighted by molar-refractivity contribution is -0.117. The van der Waals surface area contributed by atoms with Gasteiger partial charge in [0.1, 0.15) is 11.1 Å². The SMILES string of the molecule is CCOC(=O)c1cc(C#N)c(SC(C)C(=O)N(C)c2ccccc2)nc1C. The molecule has 27 heavy (non-hydrogen) atoms. The van der Waals surface area contributed by atoms with Gasteiger partial charge in [0, 0.05) is 12.7 Å². The topological polar surface area (TPSA) is 83.3 Å². The predicted octanol–water partition coefficient (Wildman–Crippen LogP) is 3.58. The molecule has 1 heterocycles. The van der Waals surface area contributed by atoms with Crippen molar-refractivity contribution in [2.45, 2.75) is 31.0 Å². The summed E-state index contributed by atoms with van der Waals surface area (Å²) in [5, 5.41) is 9.40. The number of amides is 1. The highest BCUT2D eigenvalue weighted by Gasteiger charge is 2.23. The van der Waals surface area contributed by atoms with E-state index in [1.807, 2.05) is 36.4 Å². The molecule has 1 unspecified atom stereocenters. The first-order chi connectivity index (χ1) is 12.9. The molecule has 0 radical (unpaired) electrons. The number of aromatic nitrogens is 1. The Hall–Kier alpha value is -2.85. The molecule has 140 valence electrons. The van der Waals surface area contributed by atoms with E-state index in [1.54, 1.807) is 32.7 Å². The fourth-order valence-corrected chi connectivity index (χ4v) is 3.45. The second kappa shape index (κ2) is 9.19. The van der Waals surface area contributed by atoms with E-state index in [9.17, 15) is 14.9 Å². The Kier molecular flexibility index (Phi) is 6.97. The average Bonchev–Trinajstić information content (AvgIpc) is 2.67. The Bertz CT molecular complexity index is 878. The standard InChI is InChI=1S/C20H21N3O3S/c1-5-26-20(25)17-11-15(12-21)18(22-13(17)2)27-14(3)19(24)23(4)16-9-7-6-8-10-16/h6-11,14H,5H2,1-4H3. The normalized spacial score (nSPS) is 11.4. The first kappa shape index (κ1) is 20.5. The third-order valence-electron chi connectivity index (χ3n) is 3.90. The van der Waals surface area contributed by atoms with Crippen molar-refractivity contribution in [1.29, 1.82) is 5.26 Å². The second-order valence-electron chi connectivity index (χ2n) is 5.80. The highest BCUT2D eigenvalue weighted by Crippen LogP contribution is 2.28. The molecular formula is C20H21N3O3S. The lowest BCUT2D eigenvalue weighted by Gasteiger charge is -2.21. The van der Waals surface area contributed by atoms with Gasteiger partial charge in [-0.15, -0.1) is 0 Å². The maximum absolute atomic E-state index is 12.7. The molecule has 1 amide bonds. The summed E-state index contributed by atoms with van der Waals surface area (Å²) in [4.78, 5) is 30.6. The lowest BCUT2D eigenvalue weighted by atomic mass is 10.1. The molecule has 1 atom stereocenters. The van der Waals surface area contributed by atoms with Gasteiger partial charge in [-0.05, 0) is 39.0 Å². The number of carbonyl (C=O) groups excluding carboxylic acids is 2. The number of ether oxygens (including phenoxy) is 1. The molecule has 1 aromatic carbocycles. The molecule has 0 aliphatic heterocycles. The monoisotopic (exact) mass is 383 g/mol. The van der Waals surface area contributed by atoms with Gasteiger partial charge in [-0.1, -0.05) is 30.0 Å². The molecule has 0 N–H and O–H groups in total. The fraction of sp³-hybridized carbons (Fsp3) is 0.300. The van der Waals surface area contributed by atoms with Crippen LogP contribution in [0.2, 0.25) is 0 Å². The molecule has 0 saturated heterocycles. The van der Waals surface area contributed by atoms with Crippen molar-refractivity contribution in [2.24, 2.45) is 0 Å². The van der Waals surface area contributed by atoms with Crippen LogP contribution in [0, 0.1) is 18.3 Å². The largest absolute Gasteiger partial charge is 0.462 e. The number of nitrogens with zero attached hydrogens (tertiary/aromatic N) is 3. The van der Waals surface area contributed by atoms with Crippen LogP contribution in [0.15, 0.2) is 41.4 Å². The van der Waals surface area contributed by atoms with Crippen LogP contribution in [-0.4, -0.2) is 35.8 Å². The van der Waals surface area contributed by atoms with Crippen LogP contribution in [-0.2, 0) is 9.53 Å². The van der Waals surface area contributed by atoms with E-state index in [0.29, 0.717) is 10.7 Å². The van der Waals surface area contributed by atoms with Crippen molar-refractivity contribution in [3.05, 3.63) is 53.2 Å². The van der Waals surface area contributed by atoms with Gasteiger partial charge in [0.05, 0.1) is 28.7 Å². The molecular weight excluding hydrogens is 362 g/mol. The van der Waals surface area contributed by atoms with Crippen molar-refractivity contribution < 1.29 is 14.3 Å². The van der Waals surface area contributed by atoms with E-state index >= 15 is 0 Å². The first-order valence-corrected chi connectivity index (χ1v) is 9.35. The summed E-state index contributed by atoms with van der Waals surface area (Å²) in [6, 6.07) is 12.8. The van der Waals surface area contributed by atoms with Crippen LogP contribution in [0.5, 0.6) is 0 Å². The first-order valence-electron chi connectivity index (χ1n) is 8.47. The van der Waals surface area contributed by atoms with Crippen LogP contribution in [0.4, 0.5) is 5.69 Å². The van der Waals surface area contributed by atoms with E-state index in [0.717, 1.165) is 5.69 Å². The maximum atomic E-state index is 12.7. The molecule has 7 heteroatoms. The minimum atomic E-state index is -0.511. The van der Waals surface area contributed by atoms with E-state index in [1.165, 1.54) is 17.8 Å². The van der Waals surface area contributed by atoms with Crippen molar-refractivity contribution >= 4 is 29.3 Å². The van der Waals surface area contributed by atoms with Gasteiger partial charge in [-0.2, -0.15) is 5.26 Å². The molecule has 0 saturated carbocycles. The highest BCUT2D eigenvalue weighted by atomic mass is 32.2. The number of hydrogen-bond donors (Lipinski definition) is 0. The zero-order valence-electron chi connectivity index (χ0n) is 15.7. The molecule has 2 rings (SSSR count). The van der Waals surface area contributed by atoms with Crippen molar-refractivity contribution in [1.82, 2.24) is 4.98 Å². The number of carbonyl (C=O) groups is 2. The third-order valence-corrected chi connectivity index (χ3v) is 4.99. The quantitative estimate of drug-likeness (QED) is 0.560. The summed E-state index contributed by atoms with van der Waals surface area (Å²) in [6.07, 6.45) is 0. The van der Waals surface area contributed by atoms with Gasteiger partial charge in [-0.3, -0.25) is 4.79 Å². The fourth-order valence-electron chi connectivity index (χ4n) is 2.44. The van der Waals surface area contributed by atoms with Gasteiger partial charge >= 0.3 is 5.97 Å². The predicted molar refractivity (Wildman–Crippen MR) is 105 cm³/mol. The number of aryl methyl sites for hydroxylation is 1. The Morgan fingerprint density at radius 2 is 2.00 bits per heavy atom. The van der Waals surface area contributed by atoms with Gasteiger partial charge in [0.25, 0.3) is 0 Å². The molecule has 0 aliphatic rings. The Morgan fingerprint density at radius 3 is 2.59 bits per heavy atom. The molecule has 0 fully saturated rings. The number of pyridine rings is 1. The Labute approximate surface area is 163 Å². The van der Waals surface area contributed by atoms with E-state index in [2.05, 4.69) is 4.98 Å². The van der Waals surface area contributed by atoms with Gasteiger partial charge in [0.2, 0.25) is 5.91 Å². The van der Waals surface area contributed by atoms with E-state index in [4.69, 9.17) is 4.74 Å². The Balaban J connectivity index is 2.23. The second-order valence-corrected chi connectivity index (χ2v) is 7.13. The van der Waals surface area contributed by atoms with Crippen LogP contribution in [0.1, 0.15) is 35.5 Å². The lowest BCUT2D eigenvalue weighted by Crippen LogP contribution is -2.33. The van der Waals surface area contributed by atoms with Crippen molar-refractivity contribution in [3.63, 3.8) is 0 Å². The summed E-state index contributed by atoms with van der Waals surface area (Å²) < 4.78 is 4.99. The van der Waals surface area contributed by atoms with Crippen LogP contribution in [0.25, 0.3) is 0 Å². The number of nitriles is 1. The molecule has 2 aromatic rings. The summed E-state index contributed by atoms with van der Waals surface area (Å²) in [5.41, 5.74) is 1.76. The summed E-state index contributed by atoms with van der Waals surface area (Å²) in [7, 11) is 1.71. The number of hydrogen-bond acceptors (Lipinski definition) is 6. The summed E-state index contributed by atoms with van der Waals surface area (Å²) in [5.74, 6) is -0.618. The number of esters is 1. The molecule has 0 bridgehead atoms. The van der Waals surface area contributed by atoms with Crippen LogP contribution in [0.3, 0.4) is 0 Å². The Morgan fingerprint density at radius 1 is 1.33 bits per heavy atom. The average molecular weight is 383 g/mol. The number of thioether (sulfide) groups is 1. The van der Waals surface area contributed by atoms with E-state index in [-0.39, 0.29) is 23.6 Å². The van der Waals surface area contributed by atoms with Crippen molar-refractivity contribution in [3.8, 4) is 6.07 Å². The maximum Gasteiger partial charge on any atom is 0.340 e. The molecule has 1 aromatic heterocycles. The van der Waals surface area contributed by atoms with Crippen LogP contribution >= 0.6 is 11.8 Å². The molecule has 0 aliphatic carbocycles. The summed E-state index contributed by atoms with van der Waals surface area (Å²) >= 11 is 1.20. The number of para-hydroxylation sites is 1. The van der Waals surface area contributed by atoms with Crippen molar-refractivity contribution in [2.75, 3.05) is 18.6 Å². The van der Waals surface area contributed by atoms with E-state index < -0.39 is 11.2 Å². The smallest absolute Gasteiger partial charge is 0.340 e. The third kappa shape index (κ3) is 4.86. The highest BCUT2D eigenvalue weighted by molar-refractivity contribution is 8.00. The van der Waals surface area contributed by atoms with Gasteiger partial charge in [-0.25, -0.2) is 9.78 Å². The zero-order valence-corrected chi connectivity index (χ0v) is 16.5. The van der Waals surface area contributed by atoms with Gasteiger partial charge in [0.15, 0.2) is 0 Å². The minimum absolute atomic E-state index is 0.107. The van der Waals surface area contributed by atoms with Gasteiger partial charge < -0.3 is 9.64 Å². The molecule has 0 spiro atoms. The zero-order chi connectivity index (χ0) is 20.0. The number of anilines is 1. The summed E-state index contributed by atoms with van der Waals surface area (Å²) in [6.45, 7) is 5.41. The molecule has 6 nitrogen and oxygen atoms in total. The number of rotatable bonds is 6. The number of benzene rings is 1. The van der Waals surface area contributed by atoms with Crippen LogP contribution < -0.4 is 4.90 Å².